The van der Waals surface area contributed by atoms with Crippen molar-refractivity contribution in [3.05, 3.63) is 108 Å². The van der Waals surface area contributed by atoms with E-state index in [4.69, 9.17) is 40.9 Å². The van der Waals surface area contributed by atoms with Crippen LogP contribution in [0.4, 0.5) is 4.39 Å². The van der Waals surface area contributed by atoms with Gasteiger partial charge in [-0.1, -0.05) is 89.9 Å². The summed E-state index contributed by atoms with van der Waals surface area (Å²) in [6.07, 6.45) is 3.74. The lowest BCUT2D eigenvalue weighted by Crippen LogP contribution is -1.90. The van der Waals surface area contributed by atoms with Crippen molar-refractivity contribution in [1.82, 2.24) is 15.0 Å². The number of rotatable bonds is 2. The topological polar surface area (TPSA) is 77.4 Å². The molecule has 0 aliphatic carbocycles. The number of methoxy groups -OCH3 is 2. The van der Waals surface area contributed by atoms with Crippen molar-refractivity contribution in [2.45, 2.75) is 0 Å². The molecule has 1 N–H and O–H groups in total. The average molecular weight is 556 g/mol. The first-order valence-electron chi connectivity index (χ1n) is 13.9. The first-order chi connectivity index (χ1) is 20.7. The number of aromatic hydroxyl groups is 1. The van der Waals surface area contributed by atoms with Crippen LogP contribution in [0.15, 0.2) is 91.4 Å². The Morgan fingerprint density at radius 1 is 0.632 bits per heavy atom. The largest absolute Gasteiger partial charge is 0.506 e. The molecular weight excluding hydrogens is 528 g/mol. The van der Waals surface area contributed by atoms with Crippen molar-refractivity contribution in [3.63, 3.8) is 0 Å². The second-order valence-electron chi connectivity index (χ2n) is 7.60. The summed E-state index contributed by atoms with van der Waals surface area (Å²) in [7, 11) is -5.05. The van der Waals surface area contributed by atoms with Crippen molar-refractivity contribution in [2.75, 3.05) is 14.1 Å². The highest BCUT2D eigenvalue weighted by molar-refractivity contribution is 6.34. The number of hydrogen-bond donors (Lipinski definition) is 1. The zero-order chi connectivity index (χ0) is 32.1. The van der Waals surface area contributed by atoms with Crippen LogP contribution < -0.4 is 9.47 Å². The van der Waals surface area contributed by atoms with E-state index in [2.05, 4.69) is 15.0 Å². The van der Waals surface area contributed by atoms with E-state index in [9.17, 15) is 9.50 Å². The quantitative estimate of drug-likeness (QED) is 0.219. The van der Waals surface area contributed by atoms with Gasteiger partial charge >= 0.3 is 0 Å². The molecule has 38 heavy (non-hydrogen) atoms. The van der Waals surface area contributed by atoms with E-state index in [0.29, 0.717) is 26.5 Å². The van der Waals surface area contributed by atoms with Crippen LogP contribution in [0.1, 0.15) is 8.22 Å². The average Bonchev–Trinajstić information content (AvgIpc) is 2.98. The molecule has 0 radical (unpaired) electrons. The van der Waals surface area contributed by atoms with Crippen LogP contribution in [0, 0.1) is 5.95 Å². The molecule has 3 aromatic carbocycles. The van der Waals surface area contributed by atoms with Crippen molar-refractivity contribution in [2.24, 2.45) is 0 Å². The van der Waals surface area contributed by atoms with Gasteiger partial charge in [-0.2, -0.15) is 4.39 Å². The molecule has 6 nitrogen and oxygen atoms in total. The Hall–Kier alpha value is -4.20. The van der Waals surface area contributed by atoms with Crippen LogP contribution in [0.2, 0.25) is 10.3 Å². The molecule has 3 aromatic heterocycles. The van der Waals surface area contributed by atoms with Crippen molar-refractivity contribution in [1.29, 1.82) is 0 Å². The zero-order valence-corrected chi connectivity index (χ0v) is 20.9. The van der Waals surface area contributed by atoms with Gasteiger partial charge in [0.15, 0.2) is 0 Å². The predicted octanol–water partition coefficient (Wildman–Crippen LogP) is 7.87. The molecule has 0 aliphatic heterocycles. The maximum atomic E-state index is 13.3. The van der Waals surface area contributed by atoms with E-state index in [1.807, 2.05) is 18.2 Å². The van der Waals surface area contributed by atoms with E-state index in [1.54, 1.807) is 48.5 Å². The van der Waals surface area contributed by atoms with Crippen LogP contribution in [0.3, 0.4) is 0 Å². The summed E-state index contributed by atoms with van der Waals surface area (Å²) in [5.74, 6) is -0.222. The summed E-state index contributed by atoms with van der Waals surface area (Å²) in [5, 5.41) is 13.6. The van der Waals surface area contributed by atoms with E-state index < -0.39 is 20.0 Å². The SMILES string of the molecule is Oc1cnc(Cl)c2ccccc12.[2H]C([2H])([2H])Oc1cnc(Cl)c2ccccc12.[2H]C([2H])([2H])Oc1cnc(F)c2ccccc12. The molecule has 0 aliphatic rings. The summed E-state index contributed by atoms with van der Waals surface area (Å²) in [6, 6.07) is 20.8. The summed E-state index contributed by atoms with van der Waals surface area (Å²) in [6.45, 7) is 0. The number of aromatic nitrogens is 3. The van der Waals surface area contributed by atoms with E-state index in [1.165, 1.54) is 18.5 Å². The molecule has 9 heteroatoms. The zero-order valence-electron chi connectivity index (χ0n) is 25.4. The fourth-order valence-corrected chi connectivity index (χ4v) is 4.00. The minimum Gasteiger partial charge on any atom is -0.506 e. The van der Waals surface area contributed by atoms with Gasteiger partial charge in [-0.05, 0) is 6.07 Å². The summed E-state index contributed by atoms with van der Waals surface area (Å²) >= 11 is 11.7. The van der Waals surface area contributed by atoms with E-state index in [0.717, 1.165) is 17.0 Å². The molecular formula is C29H22Cl2FN3O3. The van der Waals surface area contributed by atoms with Gasteiger partial charge in [-0.25, -0.2) is 15.0 Å². The fourth-order valence-electron chi connectivity index (χ4n) is 3.57. The standard InChI is InChI=1S/C10H8ClNO.C10H8FNO.C9H6ClNO/c2*1-13-9-6-12-10(11)8-5-3-2-4-7(8)9;10-9-7-4-2-1-3-6(7)8(12)5-11-9/h2*2-6H,1H3;1-5,12H/i2*1D3;. The van der Waals surface area contributed by atoms with Crippen molar-refractivity contribution < 1.29 is 27.2 Å². The Morgan fingerprint density at radius 2 is 1.05 bits per heavy atom. The number of hydrogen-bond acceptors (Lipinski definition) is 6. The molecule has 192 valence electrons. The Morgan fingerprint density at radius 3 is 1.61 bits per heavy atom. The molecule has 0 bridgehead atoms. The van der Waals surface area contributed by atoms with Gasteiger partial charge in [0.05, 0.1) is 40.9 Å². The van der Waals surface area contributed by atoms with Crippen molar-refractivity contribution in [3.8, 4) is 17.2 Å². The third-order valence-corrected chi connectivity index (χ3v) is 5.97. The van der Waals surface area contributed by atoms with Crippen LogP contribution in [0.5, 0.6) is 17.2 Å². The lowest BCUT2D eigenvalue weighted by atomic mass is 10.1. The number of nitrogens with zero attached hydrogens (tertiary/aromatic N) is 3. The van der Waals surface area contributed by atoms with Gasteiger partial charge in [0, 0.05) is 32.3 Å². The molecule has 6 rings (SSSR count). The molecule has 0 fully saturated rings. The highest BCUT2D eigenvalue weighted by atomic mass is 35.5. The molecule has 0 unspecified atom stereocenters. The maximum absolute atomic E-state index is 13.3. The van der Waals surface area contributed by atoms with E-state index in [-0.39, 0.29) is 22.6 Å². The Bertz CT molecular complexity index is 1790. The molecule has 0 amide bonds. The van der Waals surface area contributed by atoms with Gasteiger partial charge in [0.2, 0.25) is 5.95 Å². The lowest BCUT2D eigenvalue weighted by Gasteiger charge is -2.04. The van der Waals surface area contributed by atoms with Crippen LogP contribution in [-0.4, -0.2) is 34.1 Å². The van der Waals surface area contributed by atoms with Gasteiger partial charge in [-0.3, -0.25) is 0 Å². The third-order valence-electron chi connectivity index (χ3n) is 5.37. The highest BCUT2D eigenvalue weighted by Crippen LogP contribution is 2.29. The fraction of sp³-hybridized carbons (Fsp3) is 0.0690. The first kappa shape index (κ1) is 19.9. The van der Waals surface area contributed by atoms with Crippen LogP contribution in [-0.2, 0) is 0 Å². The lowest BCUT2D eigenvalue weighted by molar-refractivity contribution is 0.416. The first-order valence-corrected chi connectivity index (χ1v) is 11.7. The number of ether oxygens (including phenoxy) is 2. The molecule has 0 saturated heterocycles. The molecule has 0 atom stereocenters. The van der Waals surface area contributed by atoms with Crippen LogP contribution >= 0.6 is 23.2 Å². The Kier molecular flexibility index (Phi) is 6.46. The normalized spacial score (nSPS) is 13.3. The summed E-state index contributed by atoms with van der Waals surface area (Å²) in [4.78, 5) is 11.2. The molecule has 6 aromatic rings. The number of fused-ring (bicyclic) bond motifs is 3. The summed E-state index contributed by atoms with van der Waals surface area (Å²) in [5.41, 5.74) is 0. The summed E-state index contributed by atoms with van der Waals surface area (Å²) < 4.78 is 65.0. The molecule has 0 saturated carbocycles. The maximum Gasteiger partial charge on any atom is 0.220 e. The van der Waals surface area contributed by atoms with E-state index >= 15 is 0 Å². The highest BCUT2D eigenvalue weighted by Gasteiger charge is 2.06. The minimum atomic E-state index is -2.57. The van der Waals surface area contributed by atoms with Crippen LogP contribution in [0.25, 0.3) is 32.3 Å². The molecule has 0 spiro atoms. The number of pyridine rings is 3. The number of halogens is 3. The minimum absolute atomic E-state index is 0.0528. The van der Waals surface area contributed by atoms with Gasteiger partial charge in [0.1, 0.15) is 27.6 Å². The second kappa shape index (κ2) is 12.4. The van der Waals surface area contributed by atoms with Gasteiger partial charge < -0.3 is 14.6 Å². The van der Waals surface area contributed by atoms with Crippen molar-refractivity contribution >= 4 is 55.5 Å². The number of benzene rings is 3. The Balaban J connectivity index is 0.000000152. The monoisotopic (exact) mass is 555 g/mol. The molecule has 3 heterocycles. The predicted molar refractivity (Wildman–Crippen MR) is 150 cm³/mol. The van der Waals surface area contributed by atoms with Gasteiger partial charge in [0.25, 0.3) is 0 Å². The Labute approximate surface area is 236 Å². The third kappa shape index (κ3) is 5.85. The second-order valence-corrected chi connectivity index (χ2v) is 8.32. The smallest absolute Gasteiger partial charge is 0.220 e. The van der Waals surface area contributed by atoms with Gasteiger partial charge in [-0.15, -0.1) is 0 Å².